The second kappa shape index (κ2) is 7.69. The van der Waals surface area contributed by atoms with Gasteiger partial charge in [0, 0.05) is 50.0 Å². The van der Waals surface area contributed by atoms with Gasteiger partial charge in [-0.05, 0) is 38.0 Å². The Morgan fingerprint density at radius 2 is 1.92 bits per heavy atom. The van der Waals surface area contributed by atoms with E-state index < -0.39 is 0 Å². The highest BCUT2D eigenvalue weighted by atomic mass is 16.5. The molecule has 2 fully saturated rings. The van der Waals surface area contributed by atoms with E-state index in [-0.39, 0.29) is 5.91 Å². The van der Waals surface area contributed by atoms with Gasteiger partial charge in [-0.25, -0.2) is 0 Å². The first kappa shape index (κ1) is 18.0. The van der Waals surface area contributed by atoms with E-state index in [1.807, 2.05) is 4.90 Å². The van der Waals surface area contributed by atoms with Crippen LogP contribution in [0.3, 0.4) is 0 Å². The van der Waals surface area contributed by atoms with Crippen LogP contribution in [0.25, 0.3) is 0 Å². The van der Waals surface area contributed by atoms with E-state index in [2.05, 4.69) is 23.4 Å². The highest BCUT2D eigenvalue weighted by molar-refractivity contribution is 5.94. The van der Waals surface area contributed by atoms with Crippen molar-refractivity contribution in [3.63, 3.8) is 0 Å². The summed E-state index contributed by atoms with van der Waals surface area (Å²) in [6.45, 7) is 10.8. The average Bonchev–Trinajstić information content (AvgIpc) is 3.30. The molecular weight excluding hydrogens is 328 g/mol. The number of morpholine rings is 1. The Labute approximate surface area is 156 Å². The molecule has 1 aliphatic carbocycles. The van der Waals surface area contributed by atoms with Crippen LogP contribution in [0.4, 0.5) is 0 Å². The first-order chi connectivity index (χ1) is 12.6. The second-order valence-electron chi connectivity index (χ2n) is 8.39. The lowest BCUT2D eigenvalue weighted by molar-refractivity contribution is 0.0135. The molecule has 2 aliphatic heterocycles. The van der Waals surface area contributed by atoms with Crippen molar-refractivity contribution in [2.45, 2.75) is 58.5 Å². The number of hydrogen-bond donors (Lipinski definition) is 0. The van der Waals surface area contributed by atoms with E-state index in [1.165, 1.54) is 11.3 Å². The van der Waals surface area contributed by atoms with E-state index in [0.717, 1.165) is 83.7 Å². The van der Waals surface area contributed by atoms with E-state index in [0.29, 0.717) is 12.0 Å². The molecule has 26 heavy (non-hydrogen) atoms. The molecule has 1 atom stereocenters. The summed E-state index contributed by atoms with van der Waals surface area (Å²) < 4.78 is 7.66. The molecule has 2 saturated heterocycles. The van der Waals surface area contributed by atoms with Crippen LogP contribution < -0.4 is 0 Å². The van der Waals surface area contributed by atoms with Crippen molar-refractivity contribution in [3.05, 3.63) is 17.0 Å². The number of rotatable bonds is 4. The lowest BCUT2D eigenvalue weighted by Gasteiger charge is -2.37. The lowest BCUT2D eigenvalue weighted by atomic mass is 9.89. The molecule has 0 radical (unpaired) electrons. The van der Waals surface area contributed by atoms with Crippen LogP contribution in [0, 0.1) is 5.92 Å². The van der Waals surface area contributed by atoms with Crippen molar-refractivity contribution in [3.8, 4) is 0 Å². The molecule has 1 amide bonds. The highest BCUT2D eigenvalue weighted by Crippen LogP contribution is 2.29. The van der Waals surface area contributed by atoms with E-state index in [9.17, 15) is 4.79 Å². The van der Waals surface area contributed by atoms with Gasteiger partial charge in [0.15, 0.2) is 5.69 Å². The molecule has 1 aromatic heterocycles. The third-order valence-corrected chi connectivity index (χ3v) is 6.02. The largest absolute Gasteiger partial charge is 0.379 e. The summed E-state index contributed by atoms with van der Waals surface area (Å²) in [4.78, 5) is 17.7. The Hall–Kier alpha value is -1.40. The third-order valence-electron chi connectivity index (χ3n) is 6.02. The van der Waals surface area contributed by atoms with E-state index in [4.69, 9.17) is 9.84 Å². The number of likely N-dealkylation sites (tertiary alicyclic amines) is 1. The van der Waals surface area contributed by atoms with Crippen LogP contribution in [0.5, 0.6) is 0 Å². The summed E-state index contributed by atoms with van der Waals surface area (Å²) in [6, 6.07) is 0.522. The zero-order valence-electron chi connectivity index (χ0n) is 16.2. The van der Waals surface area contributed by atoms with Crippen LogP contribution >= 0.6 is 0 Å². The fourth-order valence-corrected chi connectivity index (χ4v) is 4.66. The topological polar surface area (TPSA) is 50.6 Å². The van der Waals surface area contributed by atoms with Gasteiger partial charge < -0.3 is 9.64 Å². The van der Waals surface area contributed by atoms with Gasteiger partial charge in [-0.1, -0.05) is 13.8 Å². The van der Waals surface area contributed by atoms with Crippen LogP contribution in [-0.2, 0) is 24.1 Å². The molecule has 0 N–H and O–H groups in total. The minimum absolute atomic E-state index is 0.156. The van der Waals surface area contributed by atoms with Gasteiger partial charge in [0.2, 0.25) is 0 Å². The number of amides is 1. The lowest BCUT2D eigenvalue weighted by Crippen LogP contribution is -2.46. The standard InChI is InChI=1S/C20H32N4O2/c1-15(2)14-24-18-6-5-16(22-9-11-26-12-10-22)13-17(18)19(21-24)20(25)23-7-3-4-8-23/h15-16H,3-14H2,1-2H3/t16-/m0/s1. The predicted molar refractivity (Wildman–Crippen MR) is 100 cm³/mol. The normalized spacial score (nSPS) is 24.3. The summed E-state index contributed by atoms with van der Waals surface area (Å²) in [5, 5.41) is 4.84. The molecule has 6 heteroatoms. The van der Waals surface area contributed by atoms with Crippen molar-refractivity contribution < 1.29 is 9.53 Å². The molecule has 0 bridgehead atoms. The highest BCUT2D eigenvalue weighted by Gasteiger charge is 2.34. The molecule has 4 rings (SSSR count). The average molecular weight is 361 g/mol. The fraction of sp³-hybridized carbons (Fsp3) is 0.800. The molecule has 0 unspecified atom stereocenters. The Bertz CT molecular complexity index is 642. The first-order valence-corrected chi connectivity index (χ1v) is 10.3. The Morgan fingerprint density at radius 3 is 2.62 bits per heavy atom. The molecular formula is C20H32N4O2. The van der Waals surface area contributed by atoms with Gasteiger partial charge in [0.05, 0.1) is 13.2 Å². The SMILES string of the molecule is CC(C)Cn1nc(C(=O)N2CCCC2)c2c1CC[C@H](N1CCOCC1)C2. The van der Waals surface area contributed by atoms with E-state index in [1.54, 1.807) is 0 Å². The van der Waals surface area contributed by atoms with Crippen molar-refractivity contribution >= 4 is 5.91 Å². The molecule has 0 saturated carbocycles. The van der Waals surface area contributed by atoms with Crippen molar-refractivity contribution in [1.29, 1.82) is 0 Å². The molecule has 0 aromatic carbocycles. The molecule has 6 nitrogen and oxygen atoms in total. The number of aromatic nitrogens is 2. The maximum absolute atomic E-state index is 13.1. The maximum Gasteiger partial charge on any atom is 0.274 e. The van der Waals surface area contributed by atoms with Gasteiger partial charge in [-0.2, -0.15) is 5.10 Å². The summed E-state index contributed by atoms with van der Waals surface area (Å²) in [5.41, 5.74) is 3.27. The molecule has 1 aromatic rings. The number of fused-ring (bicyclic) bond motifs is 1. The summed E-state index contributed by atoms with van der Waals surface area (Å²) in [7, 11) is 0. The van der Waals surface area contributed by atoms with Crippen LogP contribution in [0.1, 0.15) is 54.9 Å². The quantitative estimate of drug-likeness (QED) is 0.824. The number of carbonyl (C=O) groups excluding carboxylic acids is 1. The number of ether oxygens (including phenoxy) is 1. The molecule has 3 aliphatic rings. The Morgan fingerprint density at radius 1 is 1.19 bits per heavy atom. The van der Waals surface area contributed by atoms with Gasteiger partial charge in [-0.15, -0.1) is 0 Å². The zero-order chi connectivity index (χ0) is 18.1. The Balaban J connectivity index is 1.61. The van der Waals surface area contributed by atoms with E-state index >= 15 is 0 Å². The molecule has 0 spiro atoms. The molecule has 3 heterocycles. The van der Waals surface area contributed by atoms with Gasteiger partial charge in [0.25, 0.3) is 5.91 Å². The second-order valence-corrected chi connectivity index (χ2v) is 8.39. The van der Waals surface area contributed by atoms with Crippen LogP contribution in [-0.4, -0.2) is 70.9 Å². The monoisotopic (exact) mass is 360 g/mol. The van der Waals surface area contributed by atoms with Crippen molar-refractivity contribution in [2.24, 2.45) is 5.92 Å². The first-order valence-electron chi connectivity index (χ1n) is 10.3. The third kappa shape index (κ3) is 3.54. The van der Waals surface area contributed by atoms with Crippen LogP contribution in [0.2, 0.25) is 0 Å². The minimum atomic E-state index is 0.156. The van der Waals surface area contributed by atoms with Crippen molar-refractivity contribution in [2.75, 3.05) is 39.4 Å². The van der Waals surface area contributed by atoms with Gasteiger partial charge in [0.1, 0.15) is 0 Å². The van der Waals surface area contributed by atoms with Crippen LogP contribution in [0.15, 0.2) is 0 Å². The maximum atomic E-state index is 13.1. The predicted octanol–water partition coefficient (Wildman–Crippen LogP) is 1.96. The minimum Gasteiger partial charge on any atom is -0.379 e. The summed E-state index contributed by atoms with van der Waals surface area (Å²) in [6.07, 6.45) is 5.40. The fourth-order valence-electron chi connectivity index (χ4n) is 4.66. The summed E-state index contributed by atoms with van der Waals surface area (Å²) in [5.74, 6) is 0.689. The smallest absolute Gasteiger partial charge is 0.274 e. The van der Waals surface area contributed by atoms with Gasteiger partial charge >= 0.3 is 0 Å². The summed E-state index contributed by atoms with van der Waals surface area (Å²) >= 11 is 0. The zero-order valence-corrected chi connectivity index (χ0v) is 16.2. The Kier molecular flexibility index (Phi) is 5.32. The van der Waals surface area contributed by atoms with Crippen molar-refractivity contribution in [1.82, 2.24) is 19.6 Å². The number of carbonyl (C=O) groups is 1. The number of nitrogens with zero attached hydrogens (tertiary/aromatic N) is 4. The van der Waals surface area contributed by atoms with Gasteiger partial charge in [-0.3, -0.25) is 14.4 Å². The molecule has 144 valence electrons. The number of hydrogen-bond acceptors (Lipinski definition) is 4.